The average Bonchev–Trinajstić information content (AvgIpc) is 2.15. The van der Waals surface area contributed by atoms with Crippen molar-refractivity contribution in [2.45, 2.75) is 46.2 Å². The molecular weight excluding hydrogens is 174 g/mol. The largest absolute Gasteiger partial charge is 0.370 e. The van der Waals surface area contributed by atoms with E-state index in [1.807, 2.05) is 14.0 Å². The van der Waals surface area contributed by atoms with Gasteiger partial charge >= 0.3 is 0 Å². The molecule has 0 heterocycles. The third-order valence-corrected chi connectivity index (χ3v) is 2.70. The molecule has 0 aromatic carbocycles. The molecule has 0 rings (SSSR count). The molecule has 0 amide bonds. The summed E-state index contributed by atoms with van der Waals surface area (Å²) in [6.45, 7) is 9.72. The average molecular weight is 199 g/mol. The lowest BCUT2D eigenvalue weighted by molar-refractivity contribution is 0.236. The summed E-state index contributed by atoms with van der Waals surface area (Å²) in [5, 5.41) is 3.35. The Labute approximate surface area is 88.6 Å². The molecule has 0 aliphatic rings. The second-order valence-electron chi connectivity index (χ2n) is 4.05. The van der Waals surface area contributed by atoms with Crippen LogP contribution in [0, 0.1) is 0 Å². The van der Waals surface area contributed by atoms with Crippen molar-refractivity contribution in [1.82, 2.24) is 10.2 Å². The van der Waals surface area contributed by atoms with Gasteiger partial charge < -0.3 is 10.2 Å². The molecule has 1 N–H and O–H groups in total. The Bertz CT molecular complexity index is 177. The van der Waals surface area contributed by atoms with Gasteiger partial charge in [-0.1, -0.05) is 6.92 Å². The Morgan fingerprint density at radius 2 is 2.00 bits per heavy atom. The van der Waals surface area contributed by atoms with Gasteiger partial charge in [0.25, 0.3) is 0 Å². The zero-order valence-electron chi connectivity index (χ0n) is 10.5. The Morgan fingerprint density at radius 1 is 1.43 bits per heavy atom. The molecule has 0 aliphatic heterocycles. The third-order valence-electron chi connectivity index (χ3n) is 2.70. The van der Waals surface area contributed by atoms with E-state index in [4.69, 9.17) is 0 Å². The van der Waals surface area contributed by atoms with Crippen molar-refractivity contribution in [3.63, 3.8) is 0 Å². The molecule has 0 aromatic rings. The summed E-state index contributed by atoms with van der Waals surface area (Å²) >= 11 is 0. The molecule has 3 heteroatoms. The number of rotatable bonds is 5. The predicted octanol–water partition coefficient (Wildman–Crippen LogP) is 1.74. The molecule has 0 saturated carbocycles. The second kappa shape index (κ2) is 6.82. The number of aliphatic imine (C=N–C) groups is 1. The highest BCUT2D eigenvalue weighted by Crippen LogP contribution is 2.00. The van der Waals surface area contributed by atoms with Gasteiger partial charge in [-0.15, -0.1) is 0 Å². The minimum atomic E-state index is 0.456. The summed E-state index contributed by atoms with van der Waals surface area (Å²) in [6, 6.07) is 1.11. The summed E-state index contributed by atoms with van der Waals surface area (Å²) in [5.41, 5.74) is 0. The van der Waals surface area contributed by atoms with Gasteiger partial charge in [-0.2, -0.15) is 0 Å². The number of nitrogens with zero attached hydrogens (tertiary/aromatic N) is 2. The van der Waals surface area contributed by atoms with Gasteiger partial charge in [-0.3, -0.25) is 4.99 Å². The normalized spacial score (nSPS) is 16.9. The van der Waals surface area contributed by atoms with Crippen LogP contribution in [0.4, 0.5) is 0 Å². The predicted molar refractivity (Wildman–Crippen MR) is 64.0 cm³/mol. The molecule has 2 unspecified atom stereocenters. The van der Waals surface area contributed by atoms with E-state index in [1.54, 1.807) is 0 Å². The van der Waals surface area contributed by atoms with E-state index in [1.165, 1.54) is 6.42 Å². The fourth-order valence-electron chi connectivity index (χ4n) is 1.39. The van der Waals surface area contributed by atoms with Gasteiger partial charge in [0.1, 0.15) is 0 Å². The van der Waals surface area contributed by atoms with E-state index in [9.17, 15) is 0 Å². The van der Waals surface area contributed by atoms with Gasteiger partial charge in [0.2, 0.25) is 0 Å². The second-order valence-corrected chi connectivity index (χ2v) is 4.05. The molecule has 0 fully saturated rings. The lowest BCUT2D eigenvalue weighted by Gasteiger charge is -2.27. The Hall–Kier alpha value is -0.570. The summed E-state index contributed by atoms with van der Waals surface area (Å²) in [4.78, 5) is 6.46. The van der Waals surface area contributed by atoms with Crippen LogP contribution in [0.3, 0.4) is 0 Å². The first-order valence-corrected chi connectivity index (χ1v) is 5.41. The van der Waals surface area contributed by atoms with Crippen molar-refractivity contribution in [3.05, 3.63) is 0 Å². The van der Waals surface area contributed by atoms with Gasteiger partial charge in [0.15, 0.2) is 0 Å². The van der Waals surface area contributed by atoms with E-state index in [0.717, 1.165) is 12.4 Å². The number of hydrogen-bond acceptors (Lipinski definition) is 2. The van der Waals surface area contributed by atoms with E-state index < -0.39 is 0 Å². The van der Waals surface area contributed by atoms with E-state index in [0.29, 0.717) is 12.1 Å². The fourth-order valence-corrected chi connectivity index (χ4v) is 1.39. The Balaban J connectivity index is 3.87. The van der Waals surface area contributed by atoms with Gasteiger partial charge in [-0.25, -0.2) is 0 Å². The minimum absolute atomic E-state index is 0.456. The van der Waals surface area contributed by atoms with E-state index in [2.05, 4.69) is 43.0 Å². The number of likely N-dealkylation sites (N-methyl/N-ethyl adjacent to an activating group) is 1. The van der Waals surface area contributed by atoms with Crippen molar-refractivity contribution < 1.29 is 0 Å². The molecule has 0 bridgehead atoms. The molecule has 0 spiro atoms. The number of amidine groups is 1. The lowest BCUT2D eigenvalue weighted by atomic mass is 10.2. The summed E-state index contributed by atoms with van der Waals surface area (Å²) in [5.74, 6) is 1.01. The van der Waals surface area contributed by atoms with Crippen molar-refractivity contribution in [3.8, 4) is 0 Å². The maximum Gasteiger partial charge on any atom is 0.0930 e. The van der Waals surface area contributed by atoms with Crippen LogP contribution in [-0.2, 0) is 0 Å². The third kappa shape index (κ3) is 5.22. The SMILES string of the molecule is CCC(C)N(C)CC(C)NC(C)=NC. The van der Waals surface area contributed by atoms with Crippen LogP contribution in [0.2, 0.25) is 0 Å². The fraction of sp³-hybridized carbons (Fsp3) is 0.909. The molecule has 0 aliphatic carbocycles. The maximum absolute atomic E-state index is 4.09. The highest BCUT2D eigenvalue weighted by Gasteiger charge is 2.10. The van der Waals surface area contributed by atoms with Gasteiger partial charge in [0, 0.05) is 25.7 Å². The monoisotopic (exact) mass is 199 g/mol. The number of nitrogens with one attached hydrogen (secondary N) is 1. The van der Waals surface area contributed by atoms with Gasteiger partial charge in [-0.05, 0) is 34.2 Å². The van der Waals surface area contributed by atoms with Crippen molar-refractivity contribution in [2.75, 3.05) is 20.6 Å². The Morgan fingerprint density at radius 3 is 2.43 bits per heavy atom. The molecule has 84 valence electrons. The van der Waals surface area contributed by atoms with Crippen LogP contribution >= 0.6 is 0 Å². The highest BCUT2D eigenvalue weighted by molar-refractivity contribution is 5.79. The molecule has 3 nitrogen and oxygen atoms in total. The molecule has 0 saturated heterocycles. The van der Waals surface area contributed by atoms with Crippen LogP contribution in [0.5, 0.6) is 0 Å². The number of hydrogen-bond donors (Lipinski definition) is 1. The quantitative estimate of drug-likeness (QED) is 0.539. The molecule has 2 atom stereocenters. The zero-order chi connectivity index (χ0) is 11.1. The first-order chi connectivity index (χ1) is 6.51. The topological polar surface area (TPSA) is 27.6 Å². The first kappa shape index (κ1) is 13.4. The molecule has 14 heavy (non-hydrogen) atoms. The maximum atomic E-state index is 4.09. The van der Waals surface area contributed by atoms with Crippen molar-refractivity contribution >= 4 is 5.84 Å². The van der Waals surface area contributed by atoms with Crippen LogP contribution in [0.25, 0.3) is 0 Å². The standard InChI is InChI=1S/C11H25N3/c1-7-10(3)14(6)8-9(2)13-11(4)12-5/h9-10H,7-8H2,1-6H3,(H,12,13). The van der Waals surface area contributed by atoms with E-state index in [-0.39, 0.29) is 0 Å². The Kier molecular flexibility index (Phi) is 6.54. The molecule has 0 aromatic heterocycles. The van der Waals surface area contributed by atoms with E-state index >= 15 is 0 Å². The first-order valence-electron chi connectivity index (χ1n) is 5.41. The molecular formula is C11H25N3. The van der Waals surface area contributed by atoms with Crippen molar-refractivity contribution in [1.29, 1.82) is 0 Å². The molecule has 0 radical (unpaired) electrons. The van der Waals surface area contributed by atoms with Crippen LogP contribution in [0.15, 0.2) is 4.99 Å². The van der Waals surface area contributed by atoms with Crippen molar-refractivity contribution in [2.24, 2.45) is 4.99 Å². The summed E-state index contributed by atoms with van der Waals surface area (Å²) < 4.78 is 0. The summed E-state index contributed by atoms with van der Waals surface area (Å²) in [7, 11) is 3.98. The zero-order valence-corrected chi connectivity index (χ0v) is 10.5. The minimum Gasteiger partial charge on any atom is -0.370 e. The van der Waals surface area contributed by atoms with Crippen LogP contribution < -0.4 is 5.32 Å². The lowest BCUT2D eigenvalue weighted by Crippen LogP contribution is -2.42. The van der Waals surface area contributed by atoms with Crippen LogP contribution in [0.1, 0.15) is 34.1 Å². The van der Waals surface area contributed by atoms with Crippen LogP contribution in [-0.4, -0.2) is 43.5 Å². The summed E-state index contributed by atoms with van der Waals surface area (Å²) in [6.07, 6.45) is 1.20. The highest BCUT2D eigenvalue weighted by atomic mass is 15.2. The smallest absolute Gasteiger partial charge is 0.0930 e. The van der Waals surface area contributed by atoms with Gasteiger partial charge in [0.05, 0.1) is 5.84 Å².